The first-order valence-electron chi connectivity index (χ1n) is 10.1. The SMILES string of the molecule is O=C1c2c(c(=O)c3ccccc3n2CCCCN2CCNCC2)-c2cccn21. The van der Waals surface area contributed by atoms with E-state index < -0.39 is 0 Å². The normalized spacial score (nSPS) is 16.5. The van der Waals surface area contributed by atoms with Gasteiger partial charge in [0.25, 0.3) is 5.91 Å². The minimum absolute atomic E-state index is 0.0477. The summed E-state index contributed by atoms with van der Waals surface area (Å²) in [6, 6.07) is 11.3. The summed E-state index contributed by atoms with van der Waals surface area (Å²) in [6.45, 7) is 6.14. The molecule has 4 heterocycles. The Kier molecular flexibility index (Phi) is 4.37. The van der Waals surface area contributed by atoms with Gasteiger partial charge < -0.3 is 14.8 Å². The number of aryl methyl sites for hydroxylation is 1. The molecule has 2 aromatic heterocycles. The van der Waals surface area contributed by atoms with Crippen LogP contribution >= 0.6 is 0 Å². The van der Waals surface area contributed by atoms with E-state index in [0.29, 0.717) is 22.3 Å². The number of nitrogens with zero attached hydrogens (tertiary/aromatic N) is 3. The van der Waals surface area contributed by atoms with Crippen molar-refractivity contribution in [2.45, 2.75) is 19.4 Å². The van der Waals surface area contributed by atoms with Crippen molar-refractivity contribution in [3.05, 3.63) is 58.5 Å². The molecule has 0 amide bonds. The van der Waals surface area contributed by atoms with Crippen LogP contribution in [0.15, 0.2) is 47.4 Å². The number of aromatic nitrogens is 2. The molecule has 28 heavy (non-hydrogen) atoms. The minimum atomic E-state index is -0.0973. The number of hydrogen-bond donors (Lipinski definition) is 1. The van der Waals surface area contributed by atoms with Crippen LogP contribution in [0, 0.1) is 0 Å². The Bertz CT molecular complexity index is 1110. The van der Waals surface area contributed by atoms with Crippen LogP contribution in [0.2, 0.25) is 0 Å². The number of para-hydroxylation sites is 1. The van der Waals surface area contributed by atoms with Crippen LogP contribution < -0.4 is 10.7 Å². The lowest BCUT2D eigenvalue weighted by Gasteiger charge is -2.27. The molecule has 5 rings (SSSR count). The average Bonchev–Trinajstić information content (AvgIpc) is 3.31. The Hall–Kier alpha value is -2.70. The maximum absolute atomic E-state index is 13.1. The van der Waals surface area contributed by atoms with Gasteiger partial charge in [0.15, 0.2) is 5.43 Å². The van der Waals surface area contributed by atoms with E-state index in [9.17, 15) is 9.59 Å². The van der Waals surface area contributed by atoms with Crippen molar-refractivity contribution in [1.82, 2.24) is 19.4 Å². The van der Waals surface area contributed by atoms with Crippen LogP contribution in [-0.2, 0) is 6.54 Å². The highest BCUT2D eigenvalue weighted by Crippen LogP contribution is 2.32. The summed E-state index contributed by atoms with van der Waals surface area (Å²) in [5.41, 5.74) is 2.61. The van der Waals surface area contributed by atoms with Gasteiger partial charge >= 0.3 is 0 Å². The molecule has 3 aromatic rings. The van der Waals surface area contributed by atoms with Gasteiger partial charge in [-0.05, 0) is 43.7 Å². The molecule has 0 saturated carbocycles. The summed E-state index contributed by atoms with van der Waals surface area (Å²) < 4.78 is 3.67. The van der Waals surface area contributed by atoms with E-state index in [4.69, 9.17) is 0 Å². The highest BCUT2D eigenvalue weighted by atomic mass is 16.2. The largest absolute Gasteiger partial charge is 0.336 e. The van der Waals surface area contributed by atoms with Crippen molar-refractivity contribution in [1.29, 1.82) is 0 Å². The van der Waals surface area contributed by atoms with Crippen molar-refractivity contribution in [2.24, 2.45) is 0 Å². The van der Waals surface area contributed by atoms with E-state index in [0.717, 1.165) is 57.6 Å². The highest BCUT2D eigenvalue weighted by molar-refractivity contribution is 6.09. The van der Waals surface area contributed by atoms with Crippen LogP contribution in [0.4, 0.5) is 0 Å². The number of benzene rings is 1. The van der Waals surface area contributed by atoms with Gasteiger partial charge in [-0.3, -0.25) is 14.2 Å². The standard InChI is InChI=1S/C22H24N4O2/c27-21-16-6-1-2-7-17(16)25(12-4-3-11-24-14-9-23-10-15-24)20-19(21)18-8-5-13-26(18)22(20)28/h1-2,5-8,13,23H,3-4,9-12,14-15H2. The smallest absolute Gasteiger partial charge is 0.279 e. The Morgan fingerprint density at radius 1 is 0.929 bits per heavy atom. The molecule has 6 nitrogen and oxygen atoms in total. The number of piperazine rings is 1. The molecule has 0 unspecified atom stereocenters. The van der Waals surface area contributed by atoms with Gasteiger partial charge in [0, 0.05) is 44.3 Å². The first kappa shape index (κ1) is 17.4. The van der Waals surface area contributed by atoms with Crippen LogP contribution in [-0.4, -0.2) is 52.7 Å². The van der Waals surface area contributed by atoms with Gasteiger partial charge in [-0.15, -0.1) is 0 Å². The van der Waals surface area contributed by atoms with Crippen LogP contribution in [0.1, 0.15) is 23.3 Å². The topological polar surface area (TPSA) is 59.3 Å². The van der Waals surface area contributed by atoms with Crippen LogP contribution in [0.25, 0.3) is 22.2 Å². The van der Waals surface area contributed by atoms with Gasteiger partial charge in [0.1, 0.15) is 5.69 Å². The van der Waals surface area contributed by atoms with E-state index in [1.54, 1.807) is 10.8 Å². The molecule has 6 heteroatoms. The zero-order valence-corrected chi connectivity index (χ0v) is 15.9. The number of fused-ring (bicyclic) bond motifs is 4. The Morgan fingerprint density at radius 3 is 2.57 bits per heavy atom. The predicted molar refractivity (Wildman–Crippen MR) is 110 cm³/mol. The lowest BCUT2D eigenvalue weighted by Crippen LogP contribution is -2.43. The molecule has 1 aromatic carbocycles. The predicted octanol–water partition coefficient (Wildman–Crippen LogP) is 2.16. The molecule has 2 aliphatic heterocycles. The van der Waals surface area contributed by atoms with Crippen LogP contribution in [0.3, 0.4) is 0 Å². The number of rotatable bonds is 5. The second-order valence-corrected chi connectivity index (χ2v) is 7.59. The molecule has 0 spiro atoms. The number of nitrogens with one attached hydrogen (secondary N) is 1. The highest BCUT2D eigenvalue weighted by Gasteiger charge is 2.32. The second-order valence-electron chi connectivity index (χ2n) is 7.59. The molecular weight excluding hydrogens is 352 g/mol. The van der Waals surface area contributed by atoms with E-state index >= 15 is 0 Å². The third-order valence-electron chi connectivity index (χ3n) is 5.92. The fourth-order valence-corrected chi connectivity index (χ4v) is 4.51. The summed E-state index contributed by atoms with van der Waals surface area (Å²) in [5, 5.41) is 4.07. The fourth-order valence-electron chi connectivity index (χ4n) is 4.51. The van der Waals surface area contributed by atoms with Gasteiger partial charge in [0.05, 0.1) is 16.8 Å². The van der Waals surface area contributed by atoms with Crippen molar-refractivity contribution in [3.8, 4) is 11.3 Å². The number of pyridine rings is 1. The molecule has 2 aliphatic rings. The Morgan fingerprint density at radius 2 is 1.71 bits per heavy atom. The monoisotopic (exact) mass is 376 g/mol. The van der Waals surface area contributed by atoms with Gasteiger partial charge in [0.2, 0.25) is 0 Å². The Balaban J connectivity index is 1.49. The molecule has 1 N–H and O–H groups in total. The maximum atomic E-state index is 13.1. The molecule has 1 fully saturated rings. The number of hydrogen-bond acceptors (Lipinski definition) is 4. The lowest BCUT2D eigenvalue weighted by molar-refractivity contribution is 0.0960. The molecular formula is C22H24N4O2. The third kappa shape index (κ3) is 2.72. The summed E-state index contributed by atoms with van der Waals surface area (Å²) in [5.74, 6) is -0.0973. The minimum Gasteiger partial charge on any atom is -0.336 e. The van der Waals surface area contributed by atoms with E-state index in [1.165, 1.54) is 0 Å². The number of carbonyl (C=O) groups is 1. The van der Waals surface area contributed by atoms with Gasteiger partial charge in [-0.1, -0.05) is 12.1 Å². The molecule has 0 bridgehead atoms. The van der Waals surface area contributed by atoms with Crippen molar-refractivity contribution in [2.75, 3.05) is 32.7 Å². The number of unbranched alkanes of at least 4 members (excludes halogenated alkanes) is 1. The van der Waals surface area contributed by atoms with Gasteiger partial charge in [-0.25, -0.2) is 0 Å². The Labute approximate surface area is 163 Å². The zero-order chi connectivity index (χ0) is 19.1. The van der Waals surface area contributed by atoms with Crippen LogP contribution in [0.5, 0.6) is 0 Å². The fraction of sp³-hybridized carbons (Fsp3) is 0.364. The first-order valence-corrected chi connectivity index (χ1v) is 10.1. The lowest BCUT2D eigenvalue weighted by atomic mass is 10.1. The molecule has 1 saturated heterocycles. The van der Waals surface area contributed by atoms with E-state index in [1.807, 2.05) is 36.4 Å². The first-order chi connectivity index (χ1) is 13.8. The van der Waals surface area contributed by atoms with Gasteiger partial charge in [-0.2, -0.15) is 0 Å². The number of carbonyl (C=O) groups excluding carboxylic acids is 1. The van der Waals surface area contributed by atoms with Crippen molar-refractivity contribution < 1.29 is 4.79 Å². The summed E-state index contributed by atoms with van der Waals surface area (Å²) in [4.78, 5) is 28.6. The quantitative estimate of drug-likeness (QED) is 0.542. The molecule has 0 atom stereocenters. The summed E-state index contributed by atoms with van der Waals surface area (Å²) in [6.07, 6.45) is 3.80. The third-order valence-corrected chi connectivity index (χ3v) is 5.92. The van der Waals surface area contributed by atoms with Crippen molar-refractivity contribution in [3.63, 3.8) is 0 Å². The summed E-state index contributed by atoms with van der Waals surface area (Å²) in [7, 11) is 0. The molecule has 0 aliphatic carbocycles. The average molecular weight is 376 g/mol. The second kappa shape index (κ2) is 7.04. The maximum Gasteiger partial charge on any atom is 0.279 e. The molecule has 0 radical (unpaired) electrons. The van der Waals surface area contributed by atoms with E-state index in [-0.39, 0.29) is 11.3 Å². The molecule has 144 valence electrons. The zero-order valence-electron chi connectivity index (χ0n) is 15.9. The van der Waals surface area contributed by atoms with Crippen molar-refractivity contribution >= 4 is 16.8 Å². The summed E-state index contributed by atoms with van der Waals surface area (Å²) >= 11 is 0. The van der Waals surface area contributed by atoms with E-state index in [2.05, 4.69) is 14.8 Å².